The molecule has 0 heterocycles. The molecule has 1 aromatic rings. The van der Waals surface area contributed by atoms with Gasteiger partial charge in [-0.3, -0.25) is 10.1 Å². The highest BCUT2D eigenvalue weighted by Gasteiger charge is 2.24. The summed E-state index contributed by atoms with van der Waals surface area (Å²) in [6, 6.07) is 2.15. The van der Waals surface area contributed by atoms with Crippen molar-refractivity contribution in [2.45, 2.75) is 26.2 Å². The number of halogens is 2. The third-order valence-corrected chi connectivity index (χ3v) is 4.12. The highest BCUT2D eigenvalue weighted by molar-refractivity contribution is 6.31. The van der Waals surface area contributed by atoms with Crippen molar-refractivity contribution in [3.05, 3.63) is 33.1 Å². The van der Waals surface area contributed by atoms with Crippen molar-refractivity contribution in [3.8, 4) is 0 Å². The largest absolute Gasteiger partial charge is 0.379 e. The lowest BCUT2D eigenvalue weighted by Crippen LogP contribution is -2.17. The molecule has 2 rings (SSSR count). The second kappa shape index (κ2) is 5.74. The summed E-state index contributed by atoms with van der Waals surface area (Å²) >= 11 is 5.68. The Kier molecular flexibility index (Phi) is 4.24. The lowest BCUT2D eigenvalue weighted by Gasteiger charge is -2.17. The second-order valence-electron chi connectivity index (χ2n) is 5.09. The summed E-state index contributed by atoms with van der Waals surface area (Å²) in [5.74, 6) is 0.346. The highest BCUT2D eigenvalue weighted by atomic mass is 35.5. The third kappa shape index (κ3) is 3.15. The van der Waals surface area contributed by atoms with E-state index in [4.69, 9.17) is 11.6 Å². The predicted octanol–water partition coefficient (Wildman–Crippen LogP) is 4.24. The van der Waals surface area contributed by atoms with Crippen LogP contribution < -0.4 is 5.32 Å². The van der Waals surface area contributed by atoms with Crippen LogP contribution in [0, 0.1) is 27.8 Å². The zero-order valence-corrected chi connectivity index (χ0v) is 11.4. The van der Waals surface area contributed by atoms with Gasteiger partial charge in [-0.15, -0.1) is 0 Å². The topological polar surface area (TPSA) is 55.2 Å². The number of anilines is 1. The first-order chi connectivity index (χ1) is 8.99. The van der Waals surface area contributed by atoms with Gasteiger partial charge >= 0.3 is 0 Å². The summed E-state index contributed by atoms with van der Waals surface area (Å²) in [7, 11) is 0. The first kappa shape index (κ1) is 14.1. The molecule has 1 saturated carbocycles. The van der Waals surface area contributed by atoms with Gasteiger partial charge in [0.1, 0.15) is 11.5 Å². The maximum atomic E-state index is 13.3. The molecule has 1 aliphatic carbocycles. The quantitative estimate of drug-likeness (QED) is 0.665. The number of nitrogens with one attached hydrogen (secondary N) is 1. The van der Waals surface area contributed by atoms with Gasteiger partial charge in [-0.1, -0.05) is 31.4 Å². The van der Waals surface area contributed by atoms with Crippen LogP contribution in [-0.2, 0) is 0 Å². The zero-order valence-electron chi connectivity index (χ0n) is 10.7. The average molecular weight is 287 g/mol. The fraction of sp³-hybridized carbons (Fsp3) is 0.538. The molecule has 0 aliphatic heterocycles. The van der Waals surface area contributed by atoms with Crippen LogP contribution in [-0.4, -0.2) is 11.5 Å². The second-order valence-corrected chi connectivity index (χ2v) is 5.50. The van der Waals surface area contributed by atoms with Gasteiger partial charge in [-0.25, -0.2) is 4.39 Å². The van der Waals surface area contributed by atoms with E-state index >= 15 is 0 Å². The molecule has 0 spiro atoms. The molecule has 1 fully saturated rings. The van der Waals surface area contributed by atoms with Gasteiger partial charge in [-0.2, -0.15) is 0 Å². The Morgan fingerprint density at radius 2 is 2.26 bits per heavy atom. The van der Waals surface area contributed by atoms with Crippen LogP contribution in [0.15, 0.2) is 12.1 Å². The number of nitro groups is 1. The van der Waals surface area contributed by atoms with E-state index in [1.54, 1.807) is 0 Å². The molecule has 1 aromatic carbocycles. The van der Waals surface area contributed by atoms with E-state index in [1.165, 1.54) is 18.9 Å². The Hall–Kier alpha value is -1.36. The maximum Gasteiger partial charge on any atom is 0.295 e. The lowest BCUT2D eigenvalue weighted by molar-refractivity contribution is -0.384. The molecule has 0 amide bonds. The SMILES string of the molecule is CC1CCCC1CNc1cc(Cl)c(F)cc1[N+](=O)[O-]. The zero-order chi connectivity index (χ0) is 14.0. The van der Waals surface area contributed by atoms with Crippen LogP contribution in [0.25, 0.3) is 0 Å². The Morgan fingerprint density at radius 1 is 1.53 bits per heavy atom. The van der Waals surface area contributed by atoms with Crippen molar-refractivity contribution >= 4 is 23.0 Å². The fourth-order valence-electron chi connectivity index (χ4n) is 2.60. The molecule has 0 saturated heterocycles. The number of hydrogen-bond donors (Lipinski definition) is 1. The molecule has 0 aromatic heterocycles. The minimum absolute atomic E-state index is 0.104. The minimum atomic E-state index is -0.770. The number of nitro benzene ring substituents is 1. The van der Waals surface area contributed by atoms with Crippen LogP contribution in [0.1, 0.15) is 26.2 Å². The third-order valence-electron chi connectivity index (χ3n) is 3.83. The van der Waals surface area contributed by atoms with Crippen molar-refractivity contribution < 1.29 is 9.31 Å². The van der Waals surface area contributed by atoms with Crippen molar-refractivity contribution in [2.24, 2.45) is 11.8 Å². The number of nitrogens with zero attached hydrogens (tertiary/aromatic N) is 1. The molecular formula is C13H16ClFN2O2. The maximum absolute atomic E-state index is 13.3. The van der Waals surface area contributed by atoms with Crippen LogP contribution in [0.3, 0.4) is 0 Å². The lowest BCUT2D eigenvalue weighted by atomic mass is 9.98. The summed E-state index contributed by atoms with van der Waals surface area (Å²) in [6.07, 6.45) is 3.51. The number of benzene rings is 1. The van der Waals surface area contributed by atoms with Gasteiger partial charge in [0.2, 0.25) is 0 Å². The monoisotopic (exact) mass is 286 g/mol. The molecular weight excluding hydrogens is 271 g/mol. The van der Waals surface area contributed by atoms with Gasteiger partial charge in [0, 0.05) is 6.54 Å². The molecule has 2 unspecified atom stereocenters. The smallest absolute Gasteiger partial charge is 0.295 e. The van der Waals surface area contributed by atoms with Crippen LogP contribution in [0.4, 0.5) is 15.8 Å². The Morgan fingerprint density at radius 3 is 2.84 bits per heavy atom. The van der Waals surface area contributed by atoms with Gasteiger partial charge in [0.05, 0.1) is 16.0 Å². The van der Waals surface area contributed by atoms with Crippen molar-refractivity contribution in [1.29, 1.82) is 0 Å². The van der Waals surface area contributed by atoms with Crippen LogP contribution in [0.5, 0.6) is 0 Å². The molecule has 6 heteroatoms. The van der Waals surface area contributed by atoms with Crippen molar-refractivity contribution in [2.75, 3.05) is 11.9 Å². The molecule has 104 valence electrons. The Bertz CT molecular complexity index is 496. The average Bonchev–Trinajstić information content (AvgIpc) is 2.75. The van der Waals surface area contributed by atoms with E-state index in [0.29, 0.717) is 18.4 Å². The molecule has 0 bridgehead atoms. The number of hydrogen-bond acceptors (Lipinski definition) is 3. The number of rotatable bonds is 4. The van der Waals surface area contributed by atoms with E-state index in [9.17, 15) is 14.5 Å². The van der Waals surface area contributed by atoms with E-state index in [-0.39, 0.29) is 16.4 Å². The van der Waals surface area contributed by atoms with E-state index in [1.807, 2.05) is 0 Å². The van der Waals surface area contributed by atoms with Gasteiger partial charge < -0.3 is 5.32 Å². The first-order valence-electron chi connectivity index (χ1n) is 6.36. The fourth-order valence-corrected chi connectivity index (χ4v) is 2.76. The summed E-state index contributed by atoms with van der Waals surface area (Å²) in [5.41, 5.74) is 0.0167. The summed E-state index contributed by atoms with van der Waals surface area (Å²) in [4.78, 5) is 10.3. The van der Waals surface area contributed by atoms with E-state index < -0.39 is 10.7 Å². The molecule has 0 radical (unpaired) electrons. The normalized spacial score (nSPS) is 22.5. The Labute approximate surface area is 116 Å². The van der Waals surface area contributed by atoms with Crippen LogP contribution >= 0.6 is 11.6 Å². The summed E-state index contributed by atoms with van der Waals surface area (Å²) < 4.78 is 13.3. The standard InChI is InChI=1S/C13H16ClFN2O2/c1-8-3-2-4-9(8)7-16-12-5-10(14)11(15)6-13(12)17(18)19/h5-6,8-9,16H,2-4,7H2,1H3. The first-order valence-corrected chi connectivity index (χ1v) is 6.74. The van der Waals surface area contributed by atoms with Crippen molar-refractivity contribution in [1.82, 2.24) is 0 Å². The summed E-state index contributed by atoms with van der Waals surface area (Å²) in [6.45, 7) is 2.84. The molecule has 1 aliphatic rings. The summed E-state index contributed by atoms with van der Waals surface area (Å²) in [5, 5.41) is 13.8. The van der Waals surface area contributed by atoms with E-state index in [0.717, 1.165) is 12.5 Å². The molecule has 4 nitrogen and oxygen atoms in total. The van der Waals surface area contributed by atoms with Crippen LogP contribution in [0.2, 0.25) is 5.02 Å². The van der Waals surface area contributed by atoms with Gasteiger partial charge in [0.25, 0.3) is 5.69 Å². The Balaban J connectivity index is 2.14. The van der Waals surface area contributed by atoms with Crippen molar-refractivity contribution in [3.63, 3.8) is 0 Å². The highest BCUT2D eigenvalue weighted by Crippen LogP contribution is 2.34. The molecule has 19 heavy (non-hydrogen) atoms. The molecule has 1 N–H and O–H groups in total. The molecule has 2 atom stereocenters. The minimum Gasteiger partial charge on any atom is -0.379 e. The van der Waals surface area contributed by atoms with Gasteiger partial charge in [-0.05, 0) is 24.3 Å². The van der Waals surface area contributed by atoms with Gasteiger partial charge in [0.15, 0.2) is 0 Å². The predicted molar refractivity (Wildman–Crippen MR) is 73.1 cm³/mol. The van der Waals surface area contributed by atoms with E-state index in [2.05, 4.69) is 12.2 Å².